The average Bonchev–Trinajstić information content (AvgIpc) is 3.04. The number of nitriles is 1. The summed E-state index contributed by atoms with van der Waals surface area (Å²) >= 11 is 6.12. The molecule has 0 saturated carbocycles. The zero-order valence-electron chi connectivity index (χ0n) is 14.1. The van der Waals surface area contributed by atoms with Gasteiger partial charge in [0.1, 0.15) is 5.58 Å². The molecule has 0 aliphatic carbocycles. The monoisotopic (exact) mass is 372 g/mol. The summed E-state index contributed by atoms with van der Waals surface area (Å²) in [5.41, 5.74) is 9.60. The predicted octanol–water partition coefficient (Wildman–Crippen LogP) is 5.44. The summed E-state index contributed by atoms with van der Waals surface area (Å²) in [4.78, 5) is 12.8. The van der Waals surface area contributed by atoms with Gasteiger partial charge in [0.2, 0.25) is 5.78 Å². The van der Waals surface area contributed by atoms with E-state index in [9.17, 15) is 4.79 Å². The highest BCUT2D eigenvalue weighted by Gasteiger charge is 2.22. The Kier molecular flexibility index (Phi) is 4.15. The van der Waals surface area contributed by atoms with Gasteiger partial charge in [-0.3, -0.25) is 4.79 Å². The third kappa shape index (κ3) is 2.95. The summed E-state index contributed by atoms with van der Waals surface area (Å²) < 4.78 is 5.79. The van der Waals surface area contributed by atoms with E-state index in [2.05, 4.69) is 6.07 Å². The lowest BCUT2D eigenvalue weighted by Gasteiger charge is -2.02. The third-order valence-electron chi connectivity index (χ3n) is 4.38. The highest BCUT2D eigenvalue weighted by atomic mass is 35.5. The van der Waals surface area contributed by atoms with E-state index in [0.717, 1.165) is 11.1 Å². The van der Waals surface area contributed by atoms with Crippen molar-refractivity contribution in [2.75, 3.05) is 5.73 Å². The van der Waals surface area contributed by atoms with Gasteiger partial charge in [0, 0.05) is 10.9 Å². The molecule has 3 aromatic carbocycles. The molecule has 4 rings (SSSR count). The van der Waals surface area contributed by atoms with Crippen LogP contribution in [0.25, 0.3) is 22.1 Å². The van der Waals surface area contributed by atoms with E-state index < -0.39 is 0 Å². The second-order valence-electron chi connectivity index (χ2n) is 6.06. The number of nitrogens with zero attached hydrogens (tertiary/aromatic N) is 1. The number of fused-ring (bicyclic) bond motifs is 1. The van der Waals surface area contributed by atoms with Crippen molar-refractivity contribution < 1.29 is 9.21 Å². The molecule has 0 atom stereocenters. The molecule has 1 aromatic heterocycles. The lowest BCUT2D eigenvalue weighted by molar-refractivity contribution is 0.101. The Labute approximate surface area is 160 Å². The van der Waals surface area contributed by atoms with E-state index in [-0.39, 0.29) is 17.2 Å². The first-order valence-corrected chi connectivity index (χ1v) is 8.58. The number of hydrogen-bond donors (Lipinski definition) is 1. The lowest BCUT2D eigenvalue weighted by atomic mass is 10.0. The molecule has 0 unspecified atom stereocenters. The number of nitrogens with two attached hydrogens (primary N) is 1. The van der Waals surface area contributed by atoms with Gasteiger partial charge in [-0.25, -0.2) is 0 Å². The molecule has 1 heterocycles. The van der Waals surface area contributed by atoms with Crippen LogP contribution in [0.4, 0.5) is 5.69 Å². The van der Waals surface area contributed by atoms with Gasteiger partial charge < -0.3 is 10.2 Å². The third-order valence-corrected chi connectivity index (χ3v) is 4.71. The molecular weight excluding hydrogens is 360 g/mol. The fourth-order valence-electron chi connectivity index (χ4n) is 3.00. The molecule has 130 valence electrons. The summed E-state index contributed by atoms with van der Waals surface area (Å²) in [6.45, 7) is 0. The minimum atomic E-state index is -0.359. The van der Waals surface area contributed by atoms with Crippen LogP contribution in [0, 0.1) is 11.3 Å². The van der Waals surface area contributed by atoms with Crippen LogP contribution < -0.4 is 5.73 Å². The Morgan fingerprint density at radius 3 is 2.56 bits per heavy atom. The number of benzene rings is 3. The summed E-state index contributed by atoms with van der Waals surface area (Å²) in [5, 5.41) is 10.1. The molecule has 2 N–H and O–H groups in total. The van der Waals surface area contributed by atoms with Crippen molar-refractivity contribution >= 4 is 34.0 Å². The van der Waals surface area contributed by atoms with E-state index in [4.69, 9.17) is 27.0 Å². The molecule has 27 heavy (non-hydrogen) atoms. The summed E-state index contributed by atoms with van der Waals surface area (Å²) in [6, 6.07) is 21.7. The highest BCUT2D eigenvalue weighted by Crippen LogP contribution is 2.34. The van der Waals surface area contributed by atoms with Crippen molar-refractivity contribution in [1.29, 1.82) is 5.26 Å². The van der Waals surface area contributed by atoms with Crippen molar-refractivity contribution in [3.63, 3.8) is 0 Å². The Balaban J connectivity index is 1.81. The lowest BCUT2D eigenvalue weighted by Crippen LogP contribution is -2.03. The van der Waals surface area contributed by atoms with Crippen LogP contribution in [0.3, 0.4) is 0 Å². The minimum Gasteiger partial charge on any atom is -0.450 e. The second-order valence-corrected chi connectivity index (χ2v) is 6.46. The van der Waals surface area contributed by atoms with Crippen LogP contribution in [-0.2, 0) is 0 Å². The molecule has 4 aromatic rings. The number of rotatable bonds is 3. The molecular formula is C22H13ClN2O2. The molecule has 0 aliphatic heterocycles. The van der Waals surface area contributed by atoms with Crippen molar-refractivity contribution in [3.05, 3.63) is 88.6 Å². The van der Waals surface area contributed by atoms with Crippen LogP contribution >= 0.6 is 11.6 Å². The van der Waals surface area contributed by atoms with Crippen LogP contribution in [0.5, 0.6) is 0 Å². The first-order valence-electron chi connectivity index (χ1n) is 8.20. The molecule has 0 bridgehead atoms. The highest BCUT2D eigenvalue weighted by molar-refractivity contribution is 6.35. The Morgan fingerprint density at radius 1 is 1.00 bits per heavy atom. The maximum absolute atomic E-state index is 12.8. The topological polar surface area (TPSA) is 80.0 Å². The minimum absolute atomic E-state index is 0.0704. The van der Waals surface area contributed by atoms with Crippen molar-refractivity contribution in [2.45, 2.75) is 0 Å². The fourth-order valence-corrected chi connectivity index (χ4v) is 3.22. The molecule has 0 radical (unpaired) electrons. The average molecular weight is 373 g/mol. The van der Waals surface area contributed by atoms with Crippen molar-refractivity contribution in [3.8, 4) is 17.2 Å². The van der Waals surface area contributed by atoms with Gasteiger partial charge in [0.25, 0.3) is 0 Å². The number of furan rings is 1. The van der Waals surface area contributed by atoms with Crippen LogP contribution in [0.2, 0.25) is 5.02 Å². The molecule has 4 nitrogen and oxygen atoms in total. The van der Waals surface area contributed by atoms with E-state index in [0.29, 0.717) is 27.1 Å². The van der Waals surface area contributed by atoms with Gasteiger partial charge in [-0.15, -0.1) is 0 Å². The number of anilines is 1. The molecule has 5 heteroatoms. The Morgan fingerprint density at radius 2 is 1.78 bits per heavy atom. The number of nitrogen functional groups attached to an aromatic ring is 1. The van der Waals surface area contributed by atoms with Gasteiger partial charge in [-0.1, -0.05) is 41.9 Å². The Hall–Kier alpha value is -3.55. The zero-order valence-corrected chi connectivity index (χ0v) is 14.8. The number of carbonyl (C=O) groups excluding carboxylic acids is 1. The summed E-state index contributed by atoms with van der Waals surface area (Å²) in [7, 11) is 0. The molecule has 0 saturated heterocycles. The molecule has 0 fully saturated rings. The Bertz CT molecular complexity index is 1230. The number of halogens is 1. The quantitative estimate of drug-likeness (QED) is 0.485. The number of hydrogen-bond acceptors (Lipinski definition) is 4. The van der Waals surface area contributed by atoms with E-state index in [1.165, 1.54) is 0 Å². The van der Waals surface area contributed by atoms with Gasteiger partial charge in [0.15, 0.2) is 5.76 Å². The van der Waals surface area contributed by atoms with Crippen LogP contribution in [0.1, 0.15) is 21.7 Å². The van der Waals surface area contributed by atoms with Gasteiger partial charge >= 0.3 is 0 Å². The number of ketones is 1. The standard InChI is InChI=1S/C22H13ClN2O2/c23-18-7-2-1-6-16(18)21(26)22-20(25)17-9-8-15(11-19(17)27-22)14-5-3-4-13(10-14)12-24/h1-11H,25H2. The largest absolute Gasteiger partial charge is 0.450 e. The van der Waals surface area contributed by atoms with Gasteiger partial charge in [-0.2, -0.15) is 5.26 Å². The summed E-state index contributed by atoms with van der Waals surface area (Å²) in [5.74, 6) is -0.289. The summed E-state index contributed by atoms with van der Waals surface area (Å²) in [6.07, 6.45) is 0. The maximum atomic E-state index is 12.8. The van der Waals surface area contributed by atoms with Gasteiger partial charge in [-0.05, 0) is 47.5 Å². The molecule has 0 spiro atoms. The molecule has 0 amide bonds. The van der Waals surface area contributed by atoms with Crippen LogP contribution in [-0.4, -0.2) is 5.78 Å². The first-order chi connectivity index (χ1) is 13.1. The maximum Gasteiger partial charge on any atom is 0.231 e. The van der Waals surface area contributed by atoms with Gasteiger partial charge in [0.05, 0.1) is 22.3 Å². The zero-order chi connectivity index (χ0) is 19.0. The first kappa shape index (κ1) is 16.9. The van der Waals surface area contributed by atoms with E-state index in [1.54, 1.807) is 36.4 Å². The predicted molar refractivity (Wildman–Crippen MR) is 106 cm³/mol. The molecule has 0 aliphatic rings. The number of carbonyl (C=O) groups is 1. The van der Waals surface area contributed by atoms with Crippen molar-refractivity contribution in [1.82, 2.24) is 0 Å². The SMILES string of the molecule is N#Cc1cccc(-c2ccc3c(N)c(C(=O)c4ccccc4Cl)oc3c2)c1. The van der Waals surface area contributed by atoms with E-state index in [1.807, 2.05) is 30.3 Å². The smallest absolute Gasteiger partial charge is 0.231 e. The second kappa shape index (κ2) is 6.64. The van der Waals surface area contributed by atoms with Crippen molar-refractivity contribution in [2.24, 2.45) is 0 Å². The normalized spacial score (nSPS) is 10.7. The fraction of sp³-hybridized carbons (Fsp3) is 0. The van der Waals surface area contributed by atoms with E-state index >= 15 is 0 Å². The van der Waals surface area contributed by atoms with Crippen LogP contribution in [0.15, 0.2) is 71.1 Å².